The third-order valence-corrected chi connectivity index (χ3v) is 2.12. The number of hydrogen-bond donors (Lipinski definition) is 2. The van der Waals surface area contributed by atoms with Crippen molar-refractivity contribution in [3.05, 3.63) is 0 Å². The molecule has 0 aromatic carbocycles. The standard InChI is InChI=1S/C9H19N3OS/c1-3-12(4-2)6-5-11-9(13)7-8(10)14/h3-7H2,1-2H3,(H2,10,14)(H,11,13). The Morgan fingerprint density at radius 3 is 2.43 bits per heavy atom. The number of carbonyl (C=O) groups is 1. The second-order valence-corrected chi connectivity index (χ2v) is 3.54. The van der Waals surface area contributed by atoms with Crippen molar-refractivity contribution in [2.45, 2.75) is 20.3 Å². The van der Waals surface area contributed by atoms with E-state index in [0.717, 1.165) is 19.6 Å². The molecule has 0 heterocycles. The van der Waals surface area contributed by atoms with Gasteiger partial charge in [0.2, 0.25) is 5.91 Å². The lowest BCUT2D eigenvalue weighted by Crippen LogP contribution is -2.36. The highest BCUT2D eigenvalue weighted by Crippen LogP contribution is 1.85. The Morgan fingerprint density at radius 2 is 2.00 bits per heavy atom. The van der Waals surface area contributed by atoms with Gasteiger partial charge in [0.25, 0.3) is 0 Å². The highest BCUT2D eigenvalue weighted by atomic mass is 32.1. The Balaban J connectivity index is 3.52. The van der Waals surface area contributed by atoms with Crippen molar-refractivity contribution in [3.63, 3.8) is 0 Å². The summed E-state index contributed by atoms with van der Waals surface area (Å²) in [4.78, 5) is 13.6. The molecule has 0 aromatic heterocycles. The third-order valence-electron chi connectivity index (χ3n) is 1.98. The summed E-state index contributed by atoms with van der Waals surface area (Å²) in [6, 6.07) is 0. The molecule has 0 aliphatic carbocycles. The molecule has 82 valence electrons. The first-order valence-corrected chi connectivity index (χ1v) is 5.28. The van der Waals surface area contributed by atoms with Gasteiger partial charge in [0.05, 0.1) is 11.4 Å². The second-order valence-electron chi connectivity index (χ2n) is 3.02. The van der Waals surface area contributed by atoms with Crippen molar-refractivity contribution in [3.8, 4) is 0 Å². The van der Waals surface area contributed by atoms with Gasteiger partial charge in [-0.2, -0.15) is 0 Å². The molecule has 3 N–H and O–H groups in total. The van der Waals surface area contributed by atoms with Gasteiger partial charge >= 0.3 is 0 Å². The maximum atomic E-state index is 11.1. The van der Waals surface area contributed by atoms with E-state index in [1.807, 2.05) is 0 Å². The average molecular weight is 217 g/mol. The van der Waals surface area contributed by atoms with Crippen LogP contribution >= 0.6 is 12.2 Å². The summed E-state index contributed by atoms with van der Waals surface area (Å²) in [5, 5.41) is 2.76. The molecular weight excluding hydrogens is 198 g/mol. The fourth-order valence-electron chi connectivity index (χ4n) is 1.11. The predicted octanol–water partition coefficient (Wildman–Crippen LogP) is 0.121. The van der Waals surface area contributed by atoms with Crippen LogP contribution in [0.1, 0.15) is 20.3 Å². The number of thiocarbonyl (C=S) groups is 1. The number of nitrogens with one attached hydrogen (secondary N) is 1. The summed E-state index contributed by atoms with van der Waals surface area (Å²) < 4.78 is 0. The fraction of sp³-hybridized carbons (Fsp3) is 0.778. The molecule has 0 bridgehead atoms. The molecule has 0 radical (unpaired) electrons. The van der Waals surface area contributed by atoms with Gasteiger partial charge in [0, 0.05) is 13.1 Å². The van der Waals surface area contributed by atoms with Crippen molar-refractivity contribution in [1.82, 2.24) is 10.2 Å². The summed E-state index contributed by atoms with van der Waals surface area (Å²) in [5.74, 6) is -0.0929. The van der Waals surface area contributed by atoms with E-state index in [0.29, 0.717) is 6.54 Å². The molecule has 0 fully saturated rings. The van der Waals surface area contributed by atoms with Gasteiger partial charge in [-0.3, -0.25) is 4.79 Å². The zero-order valence-electron chi connectivity index (χ0n) is 8.88. The molecule has 0 aliphatic heterocycles. The van der Waals surface area contributed by atoms with Crippen LogP contribution in [-0.4, -0.2) is 42.0 Å². The van der Waals surface area contributed by atoms with Crippen LogP contribution in [0, 0.1) is 0 Å². The molecular formula is C9H19N3OS. The van der Waals surface area contributed by atoms with E-state index in [-0.39, 0.29) is 17.3 Å². The van der Waals surface area contributed by atoms with Crippen LogP contribution in [0.3, 0.4) is 0 Å². The molecule has 0 spiro atoms. The first-order valence-electron chi connectivity index (χ1n) is 4.87. The number of rotatable bonds is 7. The molecule has 0 aliphatic rings. The first-order chi connectivity index (χ1) is 6.60. The number of amides is 1. The maximum Gasteiger partial charge on any atom is 0.226 e. The quantitative estimate of drug-likeness (QED) is 0.595. The minimum Gasteiger partial charge on any atom is -0.393 e. The highest BCUT2D eigenvalue weighted by molar-refractivity contribution is 7.80. The predicted molar refractivity (Wildman–Crippen MR) is 62.2 cm³/mol. The fourth-order valence-corrected chi connectivity index (χ4v) is 1.25. The Labute approximate surface area is 90.8 Å². The van der Waals surface area contributed by atoms with E-state index in [1.165, 1.54) is 0 Å². The summed E-state index contributed by atoms with van der Waals surface area (Å²) in [5.41, 5.74) is 5.24. The van der Waals surface area contributed by atoms with Gasteiger partial charge in [-0.05, 0) is 13.1 Å². The number of hydrogen-bond acceptors (Lipinski definition) is 3. The van der Waals surface area contributed by atoms with Crippen LogP contribution < -0.4 is 11.1 Å². The third kappa shape index (κ3) is 6.80. The Kier molecular flexibility index (Phi) is 7.32. The molecule has 14 heavy (non-hydrogen) atoms. The van der Waals surface area contributed by atoms with Crippen molar-refractivity contribution in [2.24, 2.45) is 5.73 Å². The molecule has 0 unspecified atom stereocenters. The summed E-state index contributed by atoms with van der Waals surface area (Å²) in [6.07, 6.45) is 0.146. The van der Waals surface area contributed by atoms with Gasteiger partial charge in [0.15, 0.2) is 0 Å². The molecule has 0 saturated heterocycles. The van der Waals surface area contributed by atoms with Gasteiger partial charge in [0.1, 0.15) is 0 Å². The smallest absolute Gasteiger partial charge is 0.226 e. The zero-order valence-corrected chi connectivity index (χ0v) is 9.69. The SMILES string of the molecule is CCN(CC)CCNC(=O)CC(N)=S. The van der Waals surface area contributed by atoms with Gasteiger partial charge in [-0.1, -0.05) is 26.1 Å². The van der Waals surface area contributed by atoms with Crippen molar-refractivity contribution >= 4 is 23.1 Å². The highest BCUT2D eigenvalue weighted by Gasteiger charge is 2.03. The molecule has 0 saturated carbocycles. The van der Waals surface area contributed by atoms with E-state index < -0.39 is 0 Å². The number of nitrogens with two attached hydrogens (primary N) is 1. The average Bonchev–Trinajstić information content (AvgIpc) is 2.11. The Morgan fingerprint density at radius 1 is 1.43 bits per heavy atom. The molecule has 1 amide bonds. The van der Waals surface area contributed by atoms with E-state index in [4.69, 9.17) is 5.73 Å². The van der Waals surface area contributed by atoms with Crippen molar-refractivity contribution in [1.29, 1.82) is 0 Å². The van der Waals surface area contributed by atoms with E-state index >= 15 is 0 Å². The lowest BCUT2D eigenvalue weighted by molar-refractivity contribution is -0.119. The van der Waals surface area contributed by atoms with Crippen LogP contribution in [0.15, 0.2) is 0 Å². The monoisotopic (exact) mass is 217 g/mol. The molecule has 0 rings (SSSR count). The van der Waals surface area contributed by atoms with Crippen LogP contribution in [0.2, 0.25) is 0 Å². The normalized spacial score (nSPS) is 10.2. The lowest BCUT2D eigenvalue weighted by atomic mass is 10.4. The van der Waals surface area contributed by atoms with E-state index in [9.17, 15) is 4.79 Å². The zero-order chi connectivity index (χ0) is 11.0. The van der Waals surface area contributed by atoms with Gasteiger partial charge < -0.3 is 16.0 Å². The van der Waals surface area contributed by atoms with Crippen molar-refractivity contribution < 1.29 is 4.79 Å². The molecule has 0 aromatic rings. The van der Waals surface area contributed by atoms with Gasteiger partial charge in [-0.15, -0.1) is 0 Å². The number of nitrogens with zero attached hydrogens (tertiary/aromatic N) is 1. The summed E-state index contributed by atoms with van der Waals surface area (Å²) in [7, 11) is 0. The summed E-state index contributed by atoms with van der Waals surface area (Å²) >= 11 is 4.63. The number of likely N-dealkylation sites (N-methyl/N-ethyl adjacent to an activating group) is 1. The van der Waals surface area contributed by atoms with Crippen LogP contribution in [0.25, 0.3) is 0 Å². The molecule has 5 heteroatoms. The van der Waals surface area contributed by atoms with Crippen LogP contribution in [-0.2, 0) is 4.79 Å². The number of carbonyl (C=O) groups excluding carboxylic acids is 1. The van der Waals surface area contributed by atoms with E-state index in [2.05, 4.69) is 36.3 Å². The van der Waals surface area contributed by atoms with Crippen LogP contribution in [0.4, 0.5) is 0 Å². The first kappa shape index (κ1) is 13.3. The molecule has 4 nitrogen and oxygen atoms in total. The maximum absolute atomic E-state index is 11.1. The Hall–Kier alpha value is -0.680. The minimum absolute atomic E-state index is 0.0929. The topological polar surface area (TPSA) is 58.4 Å². The summed E-state index contributed by atoms with van der Waals surface area (Å²) in [6.45, 7) is 7.73. The second kappa shape index (κ2) is 7.70. The van der Waals surface area contributed by atoms with Crippen LogP contribution in [0.5, 0.6) is 0 Å². The van der Waals surface area contributed by atoms with Gasteiger partial charge in [-0.25, -0.2) is 0 Å². The largest absolute Gasteiger partial charge is 0.393 e. The van der Waals surface area contributed by atoms with Crippen molar-refractivity contribution in [2.75, 3.05) is 26.2 Å². The van der Waals surface area contributed by atoms with E-state index in [1.54, 1.807) is 0 Å². The lowest BCUT2D eigenvalue weighted by Gasteiger charge is -2.17. The molecule has 0 atom stereocenters. The minimum atomic E-state index is -0.0929. The Bertz CT molecular complexity index is 192.